The number of hydrogen-bond acceptors (Lipinski definition) is 6. The molecule has 0 radical (unpaired) electrons. The number of aromatic nitrogens is 4. The second-order valence-electron chi connectivity index (χ2n) is 8.09. The molecule has 6 aromatic rings. The van der Waals surface area contributed by atoms with Crippen molar-refractivity contribution in [3.05, 3.63) is 96.5 Å². The van der Waals surface area contributed by atoms with Crippen molar-refractivity contribution < 1.29 is 17.6 Å². The van der Waals surface area contributed by atoms with Crippen LogP contribution in [0.5, 0.6) is 0 Å². The lowest BCUT2D eigenvalue weighted by molar-refractivity contribution is 0.110. The van der Waals surface area contributed by atoms with Gasteiger partial charge in [0.25, 0.3) is 10.0 Å². The Hall–Kier alpha value is -4.50. The summed E-state index contributed by atoms with van der Waals surface area (Å²) in [5.41, 5.74) is 3.30. The number of carbonyl (C=O) groups is 1. The Morgan fingerprint density at radius 3 is 2.43 bits per heavy atom. The largest absolute Gasteiger partial charge is 0.450 e. The fourth-order valence-electron chi connectivity index (χ4n) is 4.17. The summed E-state index contributed by atoms with van der Waals surface area (Å²) >= 11 is 0. The van der Waals surface area contributed by atoms with E-state index in [9.17, 15) is 13.2 Å². The summed E-state index contributed by atoms with van der Waals surface area (Å²) in [6.07, 6.45) is 3.69. The van der Waals surface area contributed by atoms with Gasteiger partial charge in [0.1, 0.15) is 5.52 Å². The van der Waals surface area contributed by atoms with E-state index in [0.29, 0.717) is 34.3 Å². The fraction of sp³-hybridized carbons (Fsp3) is 0.0385. The van der Waals surface area contributed by atoms with Crippen LogP contribution in [0.4, 0.5) is 0 Å². The molecule has 0 spiro atoms. The number of pyridine rings is 1. The van der Waals surface area contributed by atoms with Crippen molar-refractivity contribution in [2.75, 3.05) is 0 Å². The van der Waals surface area contributed by atoms with Crippen LogP contribution in [-0.2, 0) is 10.0 Å². The monoisotopic (exact) mass is 482 g/mol. The molecule has 0 N–H and O–H groups in total. The maximum Gasteiger partial charge on any atom is 0.269 e. The number of furan rings is 1. The summed E-state index contributed by atoms with van der Waals surface area (Å²) in [6.45, 7) is 1.90. The van der Waals surface area contributed by atoms with Crippen LogP contribution in [0.2, 0.25) is 0 Å². The Kier molecular flexibility index (Phi) is 4.68. The van der Waals surface area contributed by atoms with E-state index in [1.54, 1.807) is 48.7 Å². The Morgan fingerprint density at radius 2 is 1.71 bits per heavy atom. The summed E-state index contributed by atoms with van der Waals surface area (Å²) in [5, 5.41) is 0.614. The van der Waals surface area contributed by atoms with Crippen LogP contribution >= 0.6 is 0 Å². The third-order valence-electron chi connectivity index (χ3n) is 5.85. The Morgan fingerprint density at radius 1 is 0.943 bits per heavy atom. The second-order valence-corrected chi connectivity index (χ2v) is 9.90. The Labute approximate surface area is 200 Å². The summed E-state index contributed by atoms with van der Waals surface area (Å²) in [5.74, 6) is 1.07. The van der Waals surface area contributed by atoms with Crippen LogP contribution < -0.4 is 0 Å². The van der Waals surface area contributed by atoms with E-state index in [1.165, 1.54) is 10.2 Å². The Bertz CT molecular complexity index is 1830. The van der Waals surface area contributed by atoms with Gasteiger partial charge in [-0.2, -0.15) is 0 Å². The van der Waals surface area contributed by atoms with Crippen molar-refractivity contribution in [2.24, 2.45) is 0 Å². The van der Waals surface area contributed by atoms with E-state index in [1.807, 2.05) is 41.8 Å². The minimum atomic E-state index is -3.86. The molecule has 0 unspecified atom stereocenters. The van der Waals surface area contributed by atoms with Crippen LogP contribution in [0, 0.1) is 6.92 Å². The van der Waals surface area contributed by atoms with Gasteiger partial charge in [0.15, 0.2) is 29.3 Å². The summed E-state index contributed by atoms with van der Waals surface area (Å²) in [4.78, 5) is 20.6. The zero-order chi connectivity index (χ0) is 24.2. The SMILES string of the molecule is Cc1ccc(S(=O)(=O)n2ccc3c2ncc2nc(-c4ccc(C=O)o4)n(-c4ccccc4)c23)cc1. The molecule has 4 aromatic heterocycles. The Balaban J connectivity index is 1.65. The van der Waals surface area contributed by atoms with Crippen LogP contribution in [0.1, 0.15) is 16.1 Å². The first-order valence-corrected chi connectivity index (χ1v) is 12.2. The number of nitrogens with zero attached hydrogens (tertiary/aromatic N) is 4. The molecule has 0 aliphatic carbocycles. The second kappa shape index (κ2) is 7.78. The smallest absolute Gasteiger partial charge is 0.269 e. The highest BCUT2D eigenvalue weighted by atomic mass is 32.2. The molecule has 0 fully saturated rings. The first-order chi connectivity index (χ1) is 17.0. The lowest BCUT2D eigenvalue weighted by Crippen LogP contribution is -2.12. The molecule has 172 valence electrons. The third kappa shape index (κ3) is 3.28. The zero-order valence-electron chi connectivity index (χ0n) is 18.5. The van der Waals surface area contributed by atoms with Gasteiger partial charge in [-0.05, 0) is 49.4 Å². The van der Waals surface area contributed by atoms with Gasteiger partial charge in [0.2, 0.25) is 0 Å². The van der Waals surface area contributed by atoms with Crippen LogP contribution in [0.25, 0.3) is 39.3 Å². The molecule has 4 heterocycles. The van der Waals surface area contributed by atoms with E-state index in [0.717, 1.165) is 11.3 Å². The first kappa shape index (κ1) is 21.1. The van der Waals surface area contributed by atoms with Gasteiger partial charge in [0, 0.05) is 17.3 Å². The molecule has 2 aromatic carbocycles. The molecule has 0 aliphatic heterocycles. The number of imidazole rings is 1. The average Bonchev–Trinajstić information content (AvgIpc) is 3.60. The van der Waals surface area contributed by atoms with Crippen molar-refractivity contribution in [2.45, 2.75) is 11.8 Å². The van der Waals surface area contributed by atoms with Gasteiger partial charge in [-0.25, -0.2) is 22.4 Å². The van der Waals surface area contributed by atoms with E-state index in [-0.39, 0.29) is 16.3 Å². The minimum absolute atomic E-state index is 0.178. The van der Waals surface area contributed by atoms with E-state index in [2.05, 4.69) is 4.98 Å². The number of aldehydes is 1. The maximum absolute atomic E-state index is 13.4. The van der Waals surface area contributed by atoms with E-state index in [4.69, 9.17) is 9.40 Å². The fourth-order valence-corrected chi connectivity index (χ4v) is 5.47. The highest BCUT2D eigenvalue weighted by molar-refractivity contribution is 7.90. The summed E-state index contributed by atoms with van der Waals surface area (Å²) in [6, 6.07) is 21.2. The molecule has 8 nitrogen and oxygen atoms in total. The molecule has 0 aliphatic rings. The van der Waals surface area contributed by atoms with Crippen molar-refractivity contribution in [1.82, 2.24) is 18.5 Å². The van der Waals surface area contributed by atoms with Gasteiger partial charge < -0.3 is 4.42 Å². The lowest BCUT2D eigenvalue weighted by Gasteiger charge is -2.09. The summed E-state index contributed by atoms with van der Waals surface area (Å²) < 4.78 is 35.6. The third-order valence-corrected chi connectivity index (χ3v) is 7.53. The number of benzene rings is 2. The van der Waals surface area contributed by atoms with Gasteiger partial charge in [-0.1, -0.05) is 35.9 Å². The van der Waals surface area contributed by atoms with Crippen molar-refractivity contribution in [3.63, 3.8) is 0 Å². The number of carbonyl (C=O) groups excluding carboxylic acids is 1. The number of rotatable bonds is 5. The standard InChI is InChI=1S/C26H18N4O4S/c1-17-7-10-20(11-8-17)35(32,33)29-14-13-21-24-22(15-27-25(21)29)28-26(23-12-9-19(16-31)34-23)30(24)18-5-3-2-4-6-18/h2-16H,1H3. The van der Waals surface area contributed by atoms with Gasteiger partial charge in [-0.15, -0.1) is 0 Å². The predicted molar refractivity (Wildman–Crippen MR) is 131 cm³/mol. The van der Waals surface area contributed by atoms with Crippen molar-refractivity contribution in [1.29, 1.82) is 0 Å². The van der Waals surface area contributed by atoms with Crippen molar-refractivity contribution in [3.8, 4) is 17.3 Å². The normalized spacial score (nSPS) is 11.9. The highest BCUT2D eigenvalue weighted by Crippen LogP contribution is 2.34. The van der Waals surface area contributed by atoms with Crippen LogP contribution in [0.3, 0.4) is 0 Å². The quantitative estimate of drug-likeness (QED) is 0.321. The lowest BCUT2D eigenvalue weighted by atomic mass is 10.2. The number of fused-ring (bicyclic) bond motifs is 3. The molecule has 0 amide bonds. The molecule has 0 bridgehead atoms. The predicted octanol–water partition coefficient (Wildman–Crippen LogP) is 4.99. The number of aryl methyl sites for hydroxylation is 1. The van der Waals surface area contributed by atoms with Crippen LogP contribution in [-0.4, -0.2) is 33.2 Å². The minimum Gasteiger partial charge on any atom is -0.450 e. The van der Waals surface area contributed by atoms with Crippen molar-refractivity contribution >= 4 is 38.4 Å². The first-order valence-electron chi connectivity index (χ1n) is 10.8. The number of para-hydroxylation sites is 1. The molecule has 9 heteroatoms. The molecule has 0 saturated heterocycles. The van der Waals surface area contributed by atoms with Crippen LogP contribution in [0.15, 0.2) is 94.5 Å². The number of hydrogen-bond donors (Lipinski definition) is 0. The zero-order valence-corrected chi connectivity index (χ0v) is 19.3. The molecule has 35 heavy (non-hydrogen) atoms. The summed E-state index contributed by atoms with van der Waals surface area (Å²) in [7, 11) is -3.86. The van der Waals surface area contributed by atoms with Gasteiger partial charge >= 0.3 is 0 Å². The van der Waals surface area contributed by atoms with E-state index < -0.39 is 10.0 Å². The highest BCUT2D eigenvalue weighted by Gasteiger charge is 2.24. The molecular weight excluding hydrogens is 464 g/mol. The molecule has 0 atom stereocenters. The van der Waals surface area contributed by atoms with Gasteiger partial charge in [-0.3, -0.25) is 9.36 Å². The average molecular weight is 483 g/mol. The molecule has 6 rings (SSSR count). The van der Waals surface area contributed by atoms with Gasteiger partial charge in [0.05, 0.1) is 16.6 Å². The van der Waals surface area contributed by atoms with E-state index >= 15 is 0 Å². The maximum atomic E-state index is 13.4. The topological polar surface area (TPSA) is 100.0 Å². The molecule has 0 saturated carbocycles. The molecular formula is C26H18N4O4S.